The molecule has 2 rings (SSSR count). The van der Waals surface area contributed by atoms with Crippen molar-refractivity contribution < 1.29 is 18.8 Å². The summed E-state index contributed by atoms with van der Waals surface area (Å²) in [5.74, 6) is 0.146. The first-order valence-electron chi connectivity index (χ1n) is 8.65. The maximum absolute atomic E-state index is 12.1. The van der Waals surface area contributed by atoms with E-state index in [-0.39, 0.29) is 12.5 Å². The Morgan fingerprint density at radius 1 is 1.07 bits per heavy atom. The highest BCUT2D eigenvalue weighted by Crippen LogP contribution is 2.12. The van der Waals surface area contributed by atoms with Crippen LogP contribution >= 0.6 is 0 Å². The normalized spacial score (nSPS) is 10.5. The van der Waals surface area contributed by atoms with Crippen LogP contribution in [0.3, 0.4) is 0 Å². The van der Waals surface area contributed by atoms with Gasteiger partial charge in [0.2, 0.25) is 5.91 Å². The topological polar surface area (TPSA) is 104 Å². The summed E-state index contributed by atoms with van der Waals surface area (Å²) in [6.45, 7) is 3.10. The standard InChI is InChI=1S/C19H24N4O4/c1-3-21-19(26)22-17(24)13-23(12-16-5-4-10-27-16)11-14-6-8-15(9-7-14)18(25)20-2/h4-10H,3,11-13H2,1-2H3,(H,20,25)(H2,21,22,24,26). The average molecular weight is 372 g/mol. The van der Waals surface area contributed by atoms with Crippen LogP contribution in [0.4, 0.5) is 4.79 Å². The van der Waals surface area contributed by atoms with Gasteiger partial charge in [-0.2, -0.15) is 0 Å². The lowest BCUT2D eigenvalue weighted by Gasteiger charge is -2.21. The fourth-order valence-electron chi connectivity index (χ4n) is 2.53. The smallest absolute Gasteiger partial charge is 0.321 e. The van der Waals surface area contributed by atoms with Gasteiger partial charge in [0.15, 0.2) is 0 Å². The minimum absolute atomic E-state index is 0.0228. The second-order valence-electron chi connectivity index (χ2n) is 5.91. The fourth-order valence-corrected chi connectivity index (χ4v) is 2.53. The first-order valence-corrected chi connectivity index (χ1v) is 8.65. The third-order valence-corrected chi connectivity index (χ3v) is 3.77. The van der Waals surface area contributed by atoms with Crippen LogP contribution in [0.5, 0.6) is 0 Å². The lowest BCUT2D eigenvalue weighted by molar-refractivity contribution is -0.121. The van der Waals surface area contributed by atoms with Crippen LogP contribution in [-0.4, -0.2) is 42.9 Å². The molecule has 0 bridgehead atoms. The van der Waals surface area contributed by atoms with Crippen molar-refractivity contribution in [1.82, 2.24) is 20.9 Å². The van der Waals surface area contributed by atoms with Crippen molar-refractivity contribution in [2.24, 2.45) is 0 Å². The maximum Gasteiger partial charge on any atom is 0.321 e. The Morgan fingerprint density at radius 2 is 1.81 bits per heavy atom. The van der Waals surface area contributed by atoms with E-state index in [4.69, 9.17) is 4.42 Å². The Morgan fingerprint density at radius 3 is 2.41 bits per heavy atom. The van der Waals surface area contributed by atoms with E-state index in [1.54, 1.807) is 38.4 Å². The van der Waals surface area contributed by atoms with Crippen molar-refractivity contribution in [2.75, 3.05) is 20.1 Å². The summed E-state index contributed by atoms with van der Waals surface area (Å²) in [6.07, 6.45) is 1.57. The van der Waals surface area contributed by atoms with Crippen LogP contribution < -0.4 is 16.0 Å². The summed E-state index contributed by atoms with van der Waals surface area (Å²) in [5.41, 5.74) is 1.49. The van der Waals surface area contributed by atoms with E-state index in [0.717, 1.165) is 5.56 Å². The molecule has 0 radical (unpaired) electrons. The molecule has 1 aromatic carbocycles. The van der Waals surface area contributed by atoms with Gasteiger partial charge in [-0.1, -0.05) is 12.1 Å². The largest absolute Gasteiger partial charge is 0.468 e. The van der Waals surface area contributed by atoms with Crippen LogP contribution in [0.15, 0.2) is 47.1 Å². The van der Waals surface area contributed by atoms with Crippen molar-refractivity contribution in [2.45, 2.75) is 20.0 Å². The number of hydrogen-bond donors (Lipinski definition) is 3. The first-order chi connectivity index (χ1) is 13.0. The predicted octanol–water partition coefficient (Wildman–Crippen LogP) is 1.49. The molecular weight excluding hydrogens is 348 g/mol. The molecule has 0 aliphatic carbocycles. The van der Waals surface area contributed by atoms with Crippen LogP contribution in [0, 0.1) is 0 Å². The van der Waals surface area contributed by atoms with Gasteiger partial charge in [0, 0.05) is 25.7 Å². The summed E-state index contributed by atoms with van der Waals surface area (Å²) in [7, 11) is 1.58. The van der Waals surface area contributed by atoms with Gasteiger partial charge < -0.3 is 15.1 Å². The summed E-state index contributed by atoms with van der Waals surface area (Å²) in [5, 5.41) is 7.39. The van der Waals surface area contributed by atoms with Gasteiger partial charge in [-0.3, -0.25) is 19.8 Å². The van der Waals surface area contributed by atoms with Crippen molar-refractivity contribution >= 4 is 17.8 Å². The molecule has 144 valence electrons. The number of urea groups is 1. The van der Waals surface area contributed by atoms with E-state index in [2.05, 4.69) is 16.0 Å². The number of rotatable bonds is 8. The molecule has 0 fully saturated rings. The second-order valence-corrected chi connectivity index (χ2v) is 5.91. The van der Waals surface area contributed by atoms with Crippen molar-refractivity contribution in [3.05, 3.63) is 59.5 Å². The SMILES string of the molecule is CCNC(=O)NC(=O)CN(Cc1ccc(C(=O)NC)cc1)Cc1ccco1. The van der Waals surface area contributed by atoms with Crippen LogP contribution in [0.1, 0.15) is 28.6 Å². The van der Waals surface area contributed by atoms with Gasteiger partial charge in [0.1, 0.15) is 5.76 Å². The highest BCUT2D eigenvalue weighted by Gasteiger charge is 2.15. The monoisotopic (exact) mass is 372 g/mol. The van der Waals surface area contributed by atoms with E-state index in [0.29, 0.717) is 31.0 Å². The molecule has 0 saturated carbocycles. The zero-order chi connectivity index (χ0) is 19.6. The van der Waals surface area contributed by atoms with E-state index in [1.807, 2.05) is 23.1 Å². The minimum atomic E-state index is -0.518. The van der Waals surface area contributed by atoms with Gasteiger partial charge >= 0.3 is 6.03 Å². The molecule has 1 aromatic heterocycles. The Kier molecular flexibility index (Phi) is 7.57. The predicted molar refractivity (Wildman–Crippen MR) is 99.9 cm³/mol. The van der Waals surface area contributed by atoms with Crippen LogP contribution in [-0.2, 0) is 17.9 Å². The zero-order valence-electron chi connectivity index (χ0n) is 15.5. The molecule has 8 nitrogen and oxygen atoms in total. The fraction of sp³-hybridized carbons (Fsp3) is 0.316. The number of nitrogens with one attached hydrogen (secondary N) is 3. The van der Waals surface area contributed by atoms with E-state index in [9.17, 15) is 14.4 Å². The molecule has 27 heavy (non-hydrogen) atoms. The Labute approximate surface area is 157 Å². The third kappa shape index (κ3) is 6.59. The number of amides is 4. The molecule has 0 unspecified atom stereocenters. The highest BCUT2D eigenvalue weighted by atomic mass is 16.3. The molecule has 1 heterocycles. The lowest BCUT2D eigenvalue weighted by atomic mass is 10.1. The number of carbonyl (C=O) groups is 3. The number of hydrogen-bond acceptors (Lipinski definition) is 5. The number of carbonyl (C=O) groups excluding carboxylic acids is 3. The van der Waals surface area contributed by atoms with E-state index < -0.39 is 11.9 Å². The molecule has 4 amide bonds. The van der Waals surface area contributed by atoms with Crippen LogP contribution in [0.25, 0.3) is 0 Å². The molecule has 3 N–H and O–H groups in total. The molecule has 8 heteroatoms. The minimum Gasteiger partial charge on any atom is -0.468 e. The molecule has 0 aliphatic heterocycles. The molecule has 0 aliphatic rings. The number of imide groups is 1. The first kappa shape index (κ1) is 20.2. The molecule has 0 spiro atoms. The van der Waals surface area contributed by atoms with Gasteiger partial charge in [-0.25, -0.2) is 4.79 Å². The number of benzene rings is 1. The second kappa shape index (κ2) is 10.1. The van der Waals surface area contributed by atoms with Crippen molar-refractivity contribution in [3.8, 4) is 0 Å². The molecule has 2 aromatic rings. The Balaban J connectivity index is 2.04. The number of furan rings is 1. The highest BCUT2D eigenvalue weighted by molar-refractivity contribution is 5.95. The summed E-state index contributed by atoms with van der Waals surface area (Å²) in [6, 6.07) is 10.2. The number of nitrogens with zero attached hydrogens (tertiary/aromatic N) is 1. The zero-order valence-corrected chi connectivity index (χ0v) is 15.5. The Bertz CT molecular complexity index is 757. The Hall–Kier alpha value is -3.13. The van der Waals surface area contributed by atoms with Gasteiger partial charge in [0.25, 0.3) is 5.91 Å². The maximum atomic E-state index is 12.1. The summed E-state index contributed by atoms with van der Waals surface area (Å²) < 4.78 is 5.36. The summed E-state index contributed by atoms with van der Waals surface area (Å²) >= 11 is 0. The van der Waals surface area contributed by atoms with Crippen molar-refractivity contribution in [1.29, 1.82) is 0 Å². The lowest BCUT2D eigenvalue weighted by Crippen LogP contribution is -2.44. The third-order valence-electron chi connectivity index (χ3n) is 3.77. The van der Waals surface area contributed by atoms with Gasteiger partial charge in [0.05, 0.1) is 19.4 Å². The molecule has 0 saturated heterocycles. The molecular formula is C19H24N4O4. The van der Waals surface area contributed by atoms with Crippen LogP contribution in [0.2, 0.25) is 0 Å². The average Bonchev–Trinajstić information content (AvgIpc) is 3.14. The quantitative estimate of drug-likeness (QED) is 0.651. The van der Waals surface area contributed by atoms with E-state index in [1.165, 1.54) is 0 Å². The summed E-state index contributed by atoms with van der Waals surface area (Å²) in [4.78, 5) is 37.1. The van der Waals surface area contributed by atoms with Gasteiger partial charge in [-0.05, 0) is 36.8 Å². The van der Waals surface area contributed by atoms with Gasteiger partial charge in [-0.15, -0.1) is 0 Å². The van der Waals surface area contributed by atoms with E-state index >= 15 is 0 Å². The molecule has 0 atom stereocenters. The van der Waals surface area contributed by atoms with Crippen molar-refractivity contribution in [3.63, 3.8) is 0 Å².